The smallest absolute Gasteiger partial charge is 0.169 e. The lowest BCUT2D eigenvalue weighted by Crippen LogP contribution is -2.03. The first-order valence-electron chi connectivity index (χ1n) is 8.35. The predicted molar refractivity (Wildman–Crippen MR) is 101 cm³/mol. The van der Waals surface area contributed by atoms with Crippen molar-refractivity contribution >= 4 is 28.6 Å². The number of Topliss-reactive ketones (excluding diaryl/α,β-unsaturated/α-hetero) is 1. The summed E-state index contributed by atoms with van der Waals surface area (Å²) < 4.78 is 2.31. The second kappa shape index (κ2) is 8.15. The van der Waals surface area contributed by atoms with Crippen LogP contribution in [0.1, 0.15) is 25.3 Å². The lowest BCUT2D eigenvalue weighted by molar-refractivity contribution is -0.117. The third-order valence-electron chi connectivity index (χ3n) is 3.99. The van der Waals surface area contributed by atoms with Crippen molar-refractivity contribution in [1.29, 1.82) is 0 Å². The highest BCUT2D eigenvalue weighted by Crippen LogP contribution is 2.25. The van der Waals surface area contributed by atoms with E-state index in [1.165, 1.54) is 11.1 Å². The fourth-order valence-electron chi connectivity index (χ4n) is 2.75. The molecule has 0 fully saturated rings. The Morgan fingerprint density at radius 2 is 1.83 bits per heavy atom. The monoisotopic (exact) mass is 338 g/mol. The fraction of sp³-hybridized carbons (Fsp3) is 0.300. The van der Waals surface area contributed by atoms with E-state index >= 15 is 0 Å². The minimum atomic E-state index is 0.258. The summed E-state index contributed by atoms with van der Waals surface area (Å²) in [6.07, 6.45) is 2.54. The lowest BCUT2D eigenvalue weighted by atomic mass is 10.1. The molecule has 0 N–H and O–H groups in total. The molecule has 24 heavy (non-hydrogen) atoms. The molecule has 124 valence electrons. The van der Waals surface area contributed by atoms with Crippen molar-refractivity contribution in [3.8, 4) is 0 Å². The molecule has 0 unspecified atom stereocenters. The number of fused-ring (bicyclic) bond motifs is 1. The van der Waals surface area contributed by atoms with Gasteiger partial charge in [-0.25, -0.2) is 4.98 Å². The van der Waals surface area contributed by atoms with E-state index in [9.17, 15) is 4.79 Å². The molecular weight excluding hydrogens is 316 g/mol. The summed E-state index contributed by atoms with van der Waals surface area (Å²) in [5.74, 6) is 1.18. The van der Waals surface area contributed by atoms with Gasteiger partial charge < -0.3 is 9.36 Å². The van der Waals surface area contributed by atoms with Crippen molar-refractivity contribution in [2.45, 2.75) is 37.9 Å². The van der Waals surface area contributed by atoms with Crippen molar-refractivity contribution in [3.63, 3.8) is 0 Å². The summed E-state index contributed by atoms with van der Waals surface area (Å²) in [6.45, 7) is 2.57. The second-order valence-corrected chi connectivity index (χ2v) is 6.99. The Bertz CT molecular complexity index is 811. The third-order valence-corrected chi connectivity index (χ3v) is 5.05. The quantitative estimate of drug-likeness (QED) is 0.439. The fourth-order valence-corrected chi connectivity index (χ4v) is 3.73. The zero-order chi connectivity index (χ0) is 16.8. The van der Waals surface area contributed by atoms with Crippen LogP contribution in [-0.2, 0) is 17.8 Å². The van der Waals surface area contributed by atoms with Gasteiger partial charge in [-0.05, 0) is 37.5 Å². The minimum Gasteiger partial charge on any atom is -0.319 e. The van der Waals surface area contributed by atoms with E-state index in [1.54, 1.807) is 18.7 Å². The molecule has 0 radical (unpaired) electrons. The molecule has 0 aliphatic rings. The number of carbonyl (C=O) groups excluding carboxylic acids is 1. The van der Waals surface area contributed by atoms with Gasteiger partial charge in [-0.2, -0.15) is 0 Å². The maximum atomic E-state index is 11.1. The molecule has 0 spiro atoms. The Morgan fingerprint density at radius 3 is 2.62 bits per heavy atom. The van der Waals surface area contributed by atoms with Gasteiger partial charge >= 0.3 is 0 Å². The first kappa shape index (κ1) is 16.8. The van der Waals surface area contributed by atoms with Crippen LogP contribution in [0.3, 0.4) is 0 Å². The summed E-state index contributed by atoms with van der Waals surface area (Å²) in [5.41, 5.74) is 3.56. The van der Waals surface area contributed by atoms with Crippen molar-refractivity contribution in [3.05, 3.63) is 60.2 Å². The van der Waals surface area contributed by atoms with Crippen LogP contribution in [0.5, 0.6) is 0 Å². The van der Waals surface area contributed by atoms with E-state index in [4.69, 9.17) is 4.98 Å². The molecule has 4 heteroatoms. The van der Waals surface area contributed by atoms with Gasteiger partial charge in [0.15, 0.2) is 5.16 Å². The Labute approximate surface area is 147 Å². The molecule has 2 aromatic carbocycles. The number of ketones is 1. The molecule has 0 bridgehead atoms. The number of imidazole rings is 1. The zero-order valence-corrected chi connectivity index (χ0v) is 14.8. The van der Waals surface area contributed by atoms with Crippen LogP contribution in [0.25, 0.3) is 11.0 Å². The highest BCUT2D eigenvalue weighted by molar-refractivity contribution is 7.99. The zero-order valence-electron chi connectivity index (χ0n) is 13.9. The summed E-state index contributed by atoms with van der Waals surface area (Å²) in [6, 6.07) is 18.8. The highest BCUT2D eigenvalue weighted by atomic mass is 32.2. The van der Waals surface area contributed by atoms with Crippen LogP contribution in [0.15, 0.2) is 59.8 Å². The van der Waals surface area contributed by atoms with Crippen LogP contribution in [0.2, 0.25) is 0 Å². The highest BCUT2D eigenvalue weighted by Gasteiger charge is 2.11. The average Bonchev–Trinajstić information content (AvgIpc) is 2.95. The van der Waals surface area contributed by atoms with Crippen molar-refractivity contribution in [1.82, 2.24) is 9.55 Å². The molecule has 3 aromatic rings. The van der Waals surface area contributed by atoms with Gasteiger partial charge in [0.2, 0.25) is 0 Å². The summed E-state index contributed by atoms with van der Waals surface area (Å²) >= 11 is 1.75. The largest absolute Gasteiger partial charge is 0.319 e. The number of aromatic nitrogens is 2. The van der Waals surface area contributed by atoms with Crippen molar-refractivity contribution in [2.75, 3.05) is 5.75 Å². The number of thioether (sulfide) groups is 1. The number of nitrogens with zero attached hydrogens (tertiary/aromatic N) is 2. The third kappa shape index (κ3) is 4.26. The van der Waals surface area contributed by atoms with E-state index in [1.807, 2.05) is 12.1 Å². The first-order valence-corrected chi connectivity index (χ1v) is 9.34. The maximum absolute atomic E-state index is 11.1. The topological polar surface area (TPSA) is 34.9 Å². The van der Waals surface area contributed by atoms with Crippen LogP contribution in [0, 0.1) is 0 Å². The van der Waals surface area contributed by atoms with Gasteiger partial charge in [-0.1, -0.05) is 54.2 Å². The van der Waals surface area contributed by atoms with Gasteiger partial charge in [-0.3, -0.25) is 0 Å². The standard InChI is InChI=1S/C20H22N2OS/c1-16(23)8-7-15-24-20-21-18-11-5-6-12-19(18)22(20)14-13-17-9-3-2-4-10-17/h2-6,9-12H,7-8,13-15H2,1H3. The number of hydrogen-bond donors (Lipinski definition) is 0. The summed E-state index contributed by atoms with van der Waals surface area (Å²) in [7, 11) is 0. The van der Waals surface area contributed by atoms with E-state index in [0.29, 0.717) is 6.42 Å². The van der Waals surface area contributed by atoms with E-state index in [0.717, 1.165) is 35.8 Å². The Kier molecular flexibility index (Phi) is 5.70. The number of benzene rings is 2. The number of aryl methyl sites for hydroxylation is 2. The normalized spacial score (nSPS) is 11.0. The lowest BCUT2D eigenvalue weighted by Gasteiger charge is -2.09. The van der Waals surface area contributed by atoms with E-state index in [2.05, 4.69) is 47.0 Å². The van der Waals surface area contributed by atoms with Crippen LogP contribution >= 0.6 is 11.8 Å². The molecule has 0 aliphatic heterocycles. The average molecular weight is 338 g/mol. The number of carbonyl (C=O) groups is 1. The van der Waals surface area contributed by atoms with Gasteiger partial charge in [-0.15, -0.1) is 0 Å². The van der Waals surface area contributed by atoms with E-state index < -0.39 is 0 Å². The molecule has 0 saturated heterocycles. The summed E-state index contributed by atoms with van der Waals surface area (Å²) in [5, 5.41) is 1.05. The Morgan fingerprint density at radius 1 is 1.08 bits per heavy atom. The molecule has 0 aliphatic carbocycles. The summed E-state index contributed by atoms with van der Waals surface area (Å²) in [4.78, 5) is 15.9. The molecule has 1 heterocycles. The minimum absolute atomic E-state index is 0.258. The number of para-hydroxylation sites is 2. The van der Waals surface area contributed by atoms with Gasteiger partial charge in [0.05, 0.1) is 11.0 Å². The number of rotatable bonds is 8. The van der Waals surface area contributed by atoms with Crippen LogP contribution < -0.4 is 0 Å². The number of hydrogen-bond acceptors (Lipinski definition) is 3. The van der Waals surface area contributed by atoms with Crippen LogP contribution in [-0.4, -0.2) is 21.1 Å². The second-order valence-electron chi connectivity index (χ2n) is 5.92. The Balaban J connectivity index is 1.75. The van der Waals surface area contributed by atoms with Gasteiger partial charge in [0.1, 0.15) is 5.78 Å². The van der Waals surface area contributed by atoms with Gasteiger partial charge in [0, 0.05) is 18.7 Å². The maximum Gasteiger partial charge on any atom is 0.169 e. The molecule has 3 nitrogen and oxygen atoms in total. The van der Waals surface area contributed by atoms with Crippen LogP contribution in [0.4, 0.5) is 0 Å². The molecule has 0 saturated carbocycles. The predicted octanol–water partition coefficient (Wildman–Crippen LogP) is 4.74. The molecular formula is C20H22N2OS. The molecule has 1 aromatic heterocycles. The first-order chi connectivity index (χ1) is 11.7. The molecule has 0 amide bonds. The molecule has 0 atom stereocenters. The van der Waals surface area contributed by atoms with Gasteiger partial charge in [0.25, 0.3) is 0 Å². The van der Waals surface area contributed by atoms with Crippen molar-refractivity contribution in [2.24, 2.45) is 0 Å². The SMILES string of the molecule is CC(=O)CCCSc1nc2ccccc2n1CCc1ccccc1. The van der Waals surface area contributed by atoms with Crippen molar-refractivity contribution < 1.29 is 4.79 Å². The molecule has 3 rings (SSSR count). The Hall–Kier alpha value is -2.07. The van der Waals surface area contributed by atoms with E-state index in [-0.39, 0.29) is 5.78 Å².